The van der Waals surface area contributed by atoms with Gasteiger partial charge in [-0.1, -0.05) is 23.7 Å². The third-order valence-corrected chi connectivity index (χ3v) is 0.770. The SMILES string of the molecule is CCC=NOC/C=C/Cl. The molecule has 9 heavy (non-hydrogen) atoms. The van der Waals surface area contributed by atoms with Crippen LogP contribution in [0.4, 0.5) is 0 Å². The van der Waals surface area contributed by atoms with Gasteiger partial charge in [-0.15, -0.1) is 0 Å². The van der Waals surface area contributed by atoms with Crippen molar-refractivity contribution in [2.75, 3.05) is 6.61 Å². The zero-order valence-corrected chi connectivity index (χ0v) is 6.14. The molecule has 3 heteroatoms. The summed E-state index contributed by atoms with van der Waals surface area (Å²) in [5, 5.41) is 3.59. The molecule has 2 nitrogen and oxygen atoms in total. The smallest absolute Gasteiger partial charge is 0.136 e. The summed E-state index contributed by atoms with van der Waals surface area (Å²) in [6.07, 6.45) is 4.27. The van der Waals surface area contributed by atoms with Gasteiger partial charge in [0.25, 0.3) is 0 Å². The second-order valence-corrected chi connectivity index (χ2v) is 1.61. The lowest BCUT2D eigenvalue weighted by atomic mass is 10.6. The second-order valence-electron chi connectivity index (χ2n) is 1.35. The molecule has 0 saturated carbocycles. The van der Waals surface area contributed by atoms with Gasteiger partial charge in [0.1, 0.15) is 6.61 Å². The maximum absolute atomic E-state index is 5.20. The number of rotatable bonds is 4. The lowest BCUT2D eigenvalue weighted by molar-refractivity contribution is 0.176. The number of oxime groups is 1. The largest absolute Gasteiger partial charge is 0.392 e. The molecule has 0 aromatic carbocycles. The molecule has 0 aliphatic rings. The average Bonchev–Trinajstić information content (AvgIpc) is 1.89. The maximum atomic E-state index is 5.20. The Morgan fingerprint density at radius 1 is 1.67 bits per heavy atom. The summed E-state index contributed by atoms with van der Waals surface area (Å²) in [4.78, 5) is 4.71. The van der Waals surface area contributed by atoms with E-state index in [9.17, 15) is 0 Å². The summed E-state index contributed by atoms with van der Waals surface area (Å²) in [5.74, 6) is 0. The molecule has 0 heterocycles. The molecule has 0 N–H and O–H groups in total. The van der Waals surface area contributed by atoms with Gasteiger partial charge in [-0.25, -0.2) is 0 Å². The molecule has 0 aromatic heterocycles. The highest BCUT2D eigenvalue weighted by Gasteiger charge is 1.71. The lowest BCUT2D eigenvalue weighted by Crippen LogP contribution is -1.80. The van der Waals surface area contributed by atoms with Gasteiger partial charge in [0.2, 0.25) is 0 Å². The first-order valence-corrected chi connectivity index (χ1v) is 3.24. The summed E-state index contributed by atoms with van der Waals surface area (Å²) in [6.45, 7) is 2.43. The quantitative estimate of drug-likeness (QED) is 0.339. The minimum Gasteiger partial charge on any atom is -0.392 e. The van der Waals surface area contributed by atoms with E-state index in [1.165, 1.54) is 5.54 Å². The first kappa shape index (κ1) is 8.50. The van der Waals surface area contributed by atoms with Crippen LogP contribution in [0.5, 0.6) is 0 Å². The van der Waals surface area contributed by atoms with Gasteiger partial charge in [0.05, 0.1) is 0 Å². The molecule has 0 spiro atoms. The fourth-order valence-corrected chi connectivity index (χ4v) is 0.322. The highest BCUT2D eigenvalue weighted by molar-refractivity contribution is 6.25. The molecule has 0 aromatic rings. The van der Waals surface area contributed by atoms with E-state index in [0.29, 0.717) is 6.61 Å². The zero-order chi connectivity index (χ0) is 6.95. The first-order chi connectivity index (χ1) is 4.41. The van der Waals surface area contributed by atoms with Gasteiger partial charge >= 0.3 is 0 Å². The van der Waals surface area contributed by atoms with Crippen molar-refractivity contribution in [1.82, 2.24) is 0 Å². The van der Waals surface area contributed by atoms with Crippen LogP contribution in [0.25, 0.3) is 0 Å². The van der Waals surface area contributed by atoms with E-state index in [-0.39, 0.29) is 0 Å². The molecule has 0 amide bonds. The number of hydrogen-bond acceptors (Lipinski definition) is 2. The Morgan fingerprint density at radius 3 is 3.00 bits per heavy atom. The van der Waals surface area contributed by atoms with Gasteiger partial charge in [0.15, 0.2) is 0 Å². The Kier molecular flexibility index (Phi) is 7.08. The van der Waals surface area contributed by atoms with Gasteiger partial charge in [-0.2, -0.15) is 0 Å². The van der Waals surface area contributed by atoms with E-state index in [1.807, 2.05) is 6.92 Å². The molecular weight excluding hydrogens is 138 g/mol. The molecule has 0 fully saturated rings. The van der Waals surface area contributed by atoms with Crippen molar-refractivity contribution >= 4 is 17.8 Å². The Labute approximate surface area is 60.1 Å². The highest BCUT2D eigenvalue weighted by atomic mass is 35.5. The van der Waals surface area contributed by atoms with Crippen molar-refractivity contribution in [3.63, 3.8) is 0 Å². The molecule has 0 aliphatic heterocycles. The average molecular weight is 148 g/mol. The van der Waals surface area contributed by atoms with Crippen molar-refractivity contribution < 1.29 is 4.84 Å². The van der Waals surface area contributed by atoms with Crippen LogP contribution in [0.1, 0.15) is 13.3 Å². The van der Waals surface area contributed by atoms with Crippen LogP contribution in [-0.4, -0.2) is 12.8 Å². The lowest BCUT2D eigenvalue weighted by Gasteiger charge is -1.88. The van der Waals surface area contributed by atoms with E-state index in [1.54, 1.807) is 12.3 Å². The number of nitrogens with zero attached hydrogens (tertiary/aromatic N) is 1. The molecule has 0 radical (unpaired) electrons. The fraction of sp³-hybridized carbons (Fsp3) is 0.500. The third kappa shape index (κ3) is 7.50. The van der Waals surface area contributed by atoms with Gasteiger partial charge in [-0.3, -0.25) is 0 Å². The minimum atomic E-state index is 0.444. The standard InChI is InChI=1S/C6H10ClNO/c1-2-5-8-9-6-3-4-7/h3-5H,2,6H2,1H3/b4-3+,8-5?. The molecule has 0 bridgehead atoms. The van der Waals surface area contributed by atoms with Crippen LogP contribution in [0.3, 0.4) is 0 Å². The van der Waals surface area contributed by atoms with Crippen LogP contribution in [0, 0.1) is 0 Å². The van der Waals surface area contributed by atoms with Crippen molar-refractivity contribution in [1.29, 1.82) is 0 Å². The summed E-state index contributed by atoms with van der Waals surface area (Å²) >= 11 is 5.20. The van der Waals surface area contributed by atoms with Crippen LogP contribution in [0.15, 0.2) is 16.8 Å². The van der Waals surface area contributed by atoms with Crippen LogP contribution >= 0.6 is 11.6 Å². The molecule has 0 atom stereocenters. The maximum Gasteiger partial charge on any atom is 0.136 e. The monoisotopic (exact) mass is 147 g/mol. The first-order valence-electron chi connectivity index (χ1n) is 2.80. The summed E-state index contributed by atoms with van der Waals surface area (Å²) in [7, 11) is 0. The normalized spacial score (nSPS) is 11.3. The molecule has 0 saturated heterocycles. The third-order valence-electron chi connectivity index (χ3n) is 0.591. The molecule has 52 valence electrons. The Balaban J connectivity index is 2.99. The molecule has 0 rings (SSSR count). The highest BCUT2D eigenvalue weighted by Crippen LogP contribution is 1.81. The van der Waals surface area contributed by atoms with E-state index in [4.69, 9.17) is 16.4 Å². The van der Waals surface area contributed by atoms with Gasteiger partial charge < -0.3 is 4.84 Å². The van der Waals surface area contributed by atoms with Crippen LogP contribution in [0.2, 0.25) is 0 Å². The van der Waals surface area contributed by atoms with E-state index >= 15 is 0 Å². The van der Waals surface area contributed by atoms with E-state index in [0.717, 1.165) is 6.42 Å². The van der Waals surface area contributed by atoms with Crippen molar-refractivity contribution in [3.05, 3.63) is 11.6 Å². The van der Waals surface area contributed by atoms with Gasteiger partial charge in [0, 0.05) is 11.7 Å². The number of hydrogen-bond donors (Lipinski definition) is 0. The van der Waals surface area contributed by atoms with E-state index < -0.39 is 0 Å². The van der Waals surface area contributed by atoms with Crippen molar-refractivity contribution in [2.24, 2.45) is 5.16 Å². The molecule has 0 aliphatic carbocycles. The van der Waals surface area contributed by atoms with Crippen LogP contribution in [-0.2, 0) is 4.84 Å². The van der Waals surface area contributed by atoms with Crippen molar-refractivity contribution in [3.8, 4) is 0 Å². The molecular formula is C6H10ClNO. The Morgan fingerprint density at radius 2 is 2.44 bits per heavy atom. The van der Waals surface area contributed by atoms with E-state index in [2.05, 4.69) is 5.16 Å². The predicted octanol–water partition coefficient (Wildman–Crippen LogP) is 2.15. The van der Waals surface area contributed by atoms with Gasteiger partial charge in [-0.05, 0) is 12.5 Å². The summed E-state index contributed by atoms with van der Waals surface area (Å²) < 4.78 is 0. The summed E-state index contributed by atoms with van der Waals surface area (Å²) in [5.41, 5.74) is 1.40. The Hall–Kier alpha value is -0.500. The predicted molar refractivity (Wildman–Crippen MR) is 39.7 cm³/mol. The zero-order valence-electron chi connectivity index (χ0n) is 5.38. The van der Waals surface area contributed by atoms with Crippen LogP contribution < -0.4 is 0 Å². The number of halogens is 1. The Bertz CT molecular complexity index is 101. The topological polar surface area (TPSA) is 21.6 Å². The fourth-order valence-electron chi connectivity index (χ4n) is 0.250. The molecule has 0 unspecified atom stereocenters. The summed E-state index contributed by atoms with van der Waals surface area (Å²) in [6, 6.07) is 0. The minimum absolute atomic E-state index is 0.444. The van der Waals surface area contributed by atoms with Crippen molar-refractivity contribution in [2.45, 2.75) is 13.3 Å². The second kappa shape index (κ2) is 7.50.